The van der Waals surface area contributed by atoms with Crippen molar-refractivity contribution in [2.45, 2.75) is 6.42 Å². The van der Waals surface area contributed by atoms with E-state index in [4.69, 9.17) is 9.47 Å². The molecule has 0 unspecified atom stereocenters. The summed E-state index contributed by atoms with van der Waals surface area (Å²) < 4.78 is 10.8. The Balaban J connectivity index is 2.46. The SMILES string of the molecule is C=CCNCCc1cc(OC)c(OC)cc1/C(=N\O)c1ccccc1. The first-order valence-electron chi connectivity index (χ1n) is 8.09. The van der Waals surface area contributed by atoms with Gasteiger partial charge >= 0.3 is 0 Å². The topological polar surface area (TPSA) is 63.1 Å². The molecule has 0 saturated carbocycles. The summed E-state index contributed by atoms with van der Waals surface area (Å²) in [6.45, 7) is 5.21. The van der Waals surface area contributed by atoms with Crippen LogP contribution < -0.4 is 14.8 Å². The van der Waals surface area contributed by atoms with Crippen molar-refractivity contribution in [1.29, 1.82) is 0 Å². The highest BCUT2D eigenvalue weighted by molar-refractivity contribution is 6.13. The van der Waals surface area contributed by atoms with E-state index < -0.39 is 0 Å². The van der Waals surface area contributed by atoms with Gasteiger partial charge in [0.15, 0.2) is 11.5 Å². The van der Waals surface area contributed by atoms with Crippen molar-refractivity contribution >= 4 is 5.71 Å². The first-order chi connectivity index (χ1) is 12.2. The first-order valence-corrected chi connectivity index (χ1v) is 8.09. The minimum absolute atomic E-state index is 0.500. The number of hydrogen-bond donors (Lipinski definition) is 2. The lowest BCUT2D eigenvalue weighted by molar-refractivity contribution is 0.319. The van der Waals surface area contributed by atoms with Crippen LogP contribution in [0.3, 0.4) is 0 Å². The van der Waals surface area contributed by atoms with Gasteiger partial charge in [-0.05, 0) is 30.7 Å². The summed E-state index contributed by atoms with van der Waals surface area (Å²) in [5.41, 5.74) is 3.15. The Bertz CT molecular complexity index is 727. The lowest BCUT2D eigenvalue weighted by Gasteiger charge is -2.16. The second kappa shape index (κ2) is 9.49. The molecule has 0 heterocycles. The van der Waals surface area contributed by atoms with Crippen molar-refractivity contribution < 1.29 is 14.7 Å². The molecule has 25 heavy (non-hydrogen) atoms. The van der Waals surface area contributed by atoms with Gasteiger partial charge in [-0.3, -0.25) is 0 Å². The number of nitrogens with zero attached hydrogens (tertiary/aromatic N) is 1. The maximum atomic E-state index is 9.64. The molecule has 0 aliphatic rings. The van der Waals surface area contributed by atoms with Crippen LogP contribution in [0, 0.1) is 0 Å². The quantitative estimate of drug-likeness (QED) is 0.242. The normalized spacial score (nSPS) is 11.2. The lowest BCUT2D eigenvalue weighted by atomic mass is 9.95. The van der Waals surface area contributed by atoms with Gasteiger partial charge in [-0.25, -0.2) is 0 Å². The Morgan fingerprint density at radius 2 is 1.84 bits per heavy atom. The third-order valence-electron chi connectivity index (χ3n) is 3.87. The van der Waals surface area contributed by atoms with Gasteiger partial charge in [0, 0.05) is 17.7 Å². The fourth-order valence-electron chi connectivity index (χ4n) is 2.64. The number of nitrogens with one attached hydrogen (secondary N) is 1. The molecule has 0 bridgehead atoms. The molecule has 5 nitrogen and oxygen atoms in total. The average molecular weight is 340 g/mol. The molecule has 0 spiro atoms. The van der Waals surface area contributed by atoms with E-state index in [1.165, 1.54) is 0 Å². The Morgan fingerprint density at radius 1 is 1.16 bits per heavy atom. The van der Waals surface area contributed by atoms with Crippen molar-refractivity contribution in [2.75, 3.05) is 27.3 Å². The molecule has 2 rings (SSSR count). The molecular weight excluding hydrogens is 316 g/mol. The van der Waals surface area contributed by atoms with Crippen LogP contribution in [0.2, 0.25) is 0 Å². The molecule has 2 aromatic rings. The highest BCUT2D eigenvalue weighted by Gasteiger charge is 2.17. The molecule has 132 valence electrons. The zero-order chi connectivity index (χ0) is 18.1. The maximum Gasteiger partial charge on any atom is 0.161 e. The second-order valence-corrected chi connectivity index (χ2v) is 5.42. The number of benzene rings is 2. The van der Waals surface area contributed by atoms with Crippen LogP contribution in [-0.4, -0.2) is 38.2 Å². The summed E-state index contributed by atoms with van der Waals surface area (Å²) in [5.74, 6) is 1.24. The van der Waals surface area contributed by atoms with Gasteiger partial charge in [0.05, 0.1) is 14.2 Å². The number of oxime groups is 1. The Labute approximate surface area is 148 Å². The van der Waals surface area contributed by atoms with Crippen LogP contribution in [0.5, 0.6) is 11.5 Å². The van der Waals surface area contributed by atoms with Crippen LogP contribution in [0.1, 0.15) is 16.7 Å². The zero-order valence-corrected chi connectivity index (χ0v) is 14.7. The fraction of sp³-hybridized carbons (Fsp3) is 0.250. The number of hydrogen-bond acceptors (Lipinski definition) is 5. The van der Waals surface area contributed by atoms with E-state index in [0.717, 1.165) is 36.2 Å². The highest BCUT2D eigenvalue weighted by atomic mass is 16.5. The minimum atomic E-state index is 0.500. The molecule has 0 saturated heterocycles. The monoisotopic (exact) mass is 340 g/mol. The second-order valence-electron chi connectivity index (χ2n) is 5.42. The van der Waals surface area contributed by atoms with Crippen molar-refractivity contribution in [3.8, 4) is 11.5 Å². The lowest BCUT2D eigenvalue weighted by Crippen LogP contribution is -2.18. The standard InChI is InChI=1S/C20H24N2O3/c1-4-11-21-12-10-16-13-18(24-2)19(25-3)14-17(16)20(22-23)15-8-6-5-7-9-15/h4-9,13-14,21,23H,1,10-12H2,2-3H3/b22-20-. The highest BCUT2D eigenvalue weighted by Crippen LogP contribution is 2.32. The van der Waals surface area contributed by atoms with E-state index in [1.54, 1.807) is 14.2 Å². The number of methoxy groups -OCH3 is 2. The molecule has 0 radical (unpaired) electrons. The number of ether oxygens (including phenoxy) is 2. The van der Waals surface area contributed by atoms with Crippen molar-refractivity contribution in [1.82, 2.24) is 5.32 Å². The van der Waals surface area contributed by atoms with E-state index in [1.807, 2.05) is 48.5 Å². The van der Waals surface area contributed by atoms with Gasteiger partial charge in [0.1, 0.15) is 5.71 Å². The minimum Gasteiger partial charge on any atom is -0.493 e. The van der Waals surface area contributed by atoms with E-state index in [2.05, 4.69) is 17.1 Å². The third-order valence-corrected chi connectivity index (χ3v) is 3.87. The predicted molar refractivity (Wildman–Crippen MR) is 100 cm³/mol. The molecule has 2 aromatic carbocycles. The summed E-state index contributed by atoms with van der Waals surface area (Å²) in [6, 6.07) is 13.3. The van der Waals surface area contributed by atoms with Crippen molar-refractivity contribution in [2.24, 2.45) is 5.16 Å². The molecule has 0 fully saturated rings. The average Bonchev–Trinajstić information content (AvgIpc) is 2.67. The van der Waals surface area contributed by atoms with E-state index >= 15 is 0 Å². The number of rotatable bonds is 9. The van der Waals surface area contributed by atoms with Crippen molar-refractivity contribution in [3.05, 3.63) is 71.8 Å². The van der Waals surface area contributed by atoms with Crippen molar-refractivity contribution in [3.63, 3.8) is 0 Å². The van der Waals surface area contributed by atoms with Gasteiger partial charge in [0.2, 0.25) is 0 Å². The molecule has 0 aromatic heterocycles. The smallest absolute Gasteiger partial charge is 0.161 e. The summed E-state index contributed by atoms with van der Waals surface area (Å²) >= 11 is 0. The van der Waals surface area contributed by atoms with Gasteiger partial charge in [-0.15, -0.1) is 6.58 Å². The van der Waals surface area contributed by atoms with Crippen LogP contribution in [0.15, 0.2) is 60.3 Å². The largest absolute Gasteiger partial charge is 0.493 e. The van der Waals surface area contributed by atoms with Gasteiger partial charge in [0.25, 0.3) is 0 Å². The zero-order valence-electron chi connectivity index (χ0n) is 14.7. The van der Waals surface area contributed by atoms with Crippen LogP contribution in [-0.2, 0) is 6.42 Å². The molecule has 0 amide bonds. The summed E-state index contributed by atoms with van der Waals surface area (Å²) in [5, 5.41) is 16.5. The summed E-state index contributed by atoms with van der Waals surface area (Å²) in [6.07, 6.45) is 2.56. The van der Waals surface area contributed by atoms with Crippen LogP contribution >= 0.6 is 0 Å². The maximum absolute atomic E-state index is 9.64. The first kappa shape index (κ1) is 18.5. The Hall–Kier alpha value is -2.79. The fourth-order valence-corrected chi connectivity index (χ4v) is 2.64. The van der Waals surface area contributed by atoms with Gasteiger partial charge in [-0.2, -0.15) is 0 Å². The molecule has 0 atom stereocenters. The van der Waals surface area contributed by atoms with Gasteiger partial charge < -0.3 is 20.0 Å². The van der Waals surface area contributed by atoms with E-state index in [9.17, 15) is 5.21 Å². The Kier molecular flexibility index (Phi) is 7.04. The van der Waals surface area contributed by atoms with E-state index in [-0.39, 0.29) is 0 Å². The Morgan fingerprint density at radius 3 is 2.44 bits per heavy atom. The summed E-state index contributed by atoms with van der Waals surface area (Å²) in [4.78, 5) is 0. The predicted octanol–water partition coefficient (Wildman–Crippen LogP) is 3.25. The molecule has 5 heteroatoms. The molecule has 2 N–H and O–H groups in total. The molecule has 0 aliphatic carbocycles. The van der Waals surface area contributed by atoms with Gasteiger partial charge in [-0.1, -0.05) is 41.6 Å². The molecular formula is C20H24N2O3. The third kappa shape index (κ3) is 4.61. The molecule has 0 aliphatic heterocycles. The van der Waals surface area contributed by atoms with Crippen LogP contribution in [0.4, 0.5) is 0 Å². The van der Waals surface area contributed by atoms with Crippen LogP contribution in [0.25, 0.3) is 0 Å². The summed E-state index contributed by atoms with van der Waals surface area (Å²) in [7, 11) is 3.20. The van der Waals surface area contributed by atoms with E-state index in [0.29, 0.717) is 17.2 Å².